The minimum atomic E-state index is -1.29. The lowest BCUT2D eigenvalue weighted by molar-refractivity contribution is -0.128. The van der Waals surface area contributed by atoms with Gasteiger partial charge in [0.25, 0.3) is 0 Å². The summed E-state index contributed by atoms with van der Waals surface area (Å²) in [7, 11) is 0. The first-order chi connectivity index (χ1) is 8.42. The fraction of sp³-hybridized carbons (Fsp3) is 0.308. The highest BCUT2D eigenvalue weighted by atomic mass is 79.9. The molecule has 0 radical (unpaired) electrons. The molecule has 3 nitrogen and oxygen atoms in total. The predicted molar refractivity (Wildman–Crippen MR) is 75.1 cm³/mol. The number of nitrogens with zero attached hydrogens (tertiary/aromatic N) is 1. The van der Waals surface area contributed by atoms with Crippen molar-refractivity contribution in [1.82, 2.24) is 0 Å². The molecule has 0 aliphatic carbocycles. The number of carbonyl (C=O) groups is 2. The number of carbonyl (C=O) groups excluding carboxylic acids is 2. The monoisotopic (exact) mass is 325 g/mol. The number of Topliss-reactive ketones (excluding diaryl/α,β-unsaturated/α-hetero) is 2. The van der Waals surface area contributed by atoms with Crippen molar-refractivity contribution in [3.05, 3.63) is 34.3 Å². The van der Waals surface area contributed by atoms with E-state index in [9.17, 15) is 9.59 Å². The van der Waals surface area contributed by atoms with Gasteiger partial charge in [-0.3, -0.25) is 9.59 Å². The Balaban J connectivity index is 3.12. The summed E-state index contributed by atoms with van der Waals surface area (Å²) >= 11 is 4.06. The van der Waals surface area contributed by atoms with Gasteiger partial charge in [-0.15, -0.1) is 0 Å². The second-order valence-corrected chi connectivity index (χ2v) is 5.94. The summed E-state index contributed by atoms with van der Waals surface area (Å²) < 4.78 is -0.363. The Bertz CT molecular complexity index is 491. The first-order valence-electron chi connectivity index (χ1n) is 5.26. The molecule has 0 amide bonds. The number of benzene rings is 1. The SMILES string of the molecule is CC(=O)C(Cc1ccc(Br)cc1)(SC#N)C(C)=O. The zero-order chi connectivity index (χ0) is 13.8. The second kappa shape index (κ2) is 6.17. The summed E-state index contributed by atoms with van der Waals surface area (Å²) in [6.45, 7) is 2.70. The van der Waals surface area contributed by atoms with Crippen molar-refractivity contribution < 1.29 is 9.59 Å². The van der Waals surface area contributed by atoms with Gasteiger partial charge >= 0.3 is 0 Å². The van der Waals surface area contributed by atoms with Crippen molar-refractivity contribution in [2.45, 2.75) is 25.0 Å². The molecule has 18 heavy (non-hydrogen) atoms. The van der Waals surface area contributed by atoms with Crippen LogP contribution < -0.4 is 0 Å². The molecule has 0 N–H and O–H groups in total. The van der Waals surface area contributed by atoms with Crippen molar-refractivity contribution in [1.29, 1.82) is 5.26 Å². The zero-order valence-electron chi connectivity index (χ0n) is 10.1. The highest BCUT2D eigenvalue weighted by molar-refractivity contribution is 9.10. The van der Waals surface area contributed by atoms with Crippen LogP contribution in [-0.4, -0.2) is 16.3 Å². The Morgan fingerprint density at radius 1 is 1.28 bits per heavy atom. The van der Waals surface area contributed by atoms with E-state index >= 15 is 0 Å². The summed E-state index contributed by atoms with van der Waals surface area (Å²) in [5, 5.41) is 10.7. The highest BCUT2D eigenvalue weighted by Crippen LogP contribution is 2.31. The smallest absolute Gasteiger partial charge is 0.154 e. The molecule has 0 bridgehead atoms. The van der Waals surface area contributed by atoms with Crippen LogP contribution in [0.3, 0.4) is 0 Å². The van der Waals surface area contributed by atoms with Crippen molar-refractivity contribution in [3.63, 3.8) is 0 Å². The van der Waals surface area contributed by atoms with Crippen LogP contribution in [0.25, 0.3) is 0 Å². The third-order valence-corrected chi connectivity index (χ3v) is 4.41. The Morgan fingerprint density at radius 3 is 2.17 bits per heavy atom. The van der Waals surface area contributed by atoms with Crippen LogP contribution >= 0.6 is 27.7 Å². The summed E-state index contributed by atoms with van der Waals surface area (Å²) in [5.41, 5.74) is 0.853. The Kier molecular flexibility index (Phi) is 5.12. The molecule has 5 heteroatoms. The second-order valence-electron chi connectivity index (χ2n) is 3.94. The molecule has 0 spiro atoms. The molecular formula is C13H12BrNO2S. The molecule has 94 valence electrons. The molecule has 1 aromatic rings. The Morgan fingerprint density at radius 2 is 1.78 bits per heavy atom. The summed E-state index contributed by atoms with van der Waals surface area (Å²) in [4.78, 5) is 23.5. The lowest BCUT2D eigenvalue weighted by Crippen LogP contribution is -2.42. The molecule has 1 aromatic carbocycles. The first-order valence-corrected chi connectivity index (χ1v) is 6.87. The Labute approximate surface area is 119 Å². The number of ketones is 2. The molecular weight excluding hydrogens is 314 g/mol. The van der Waals surface area contributed by atoms with Crippen LogP contribution in [0.2, 0.25) is 0 Å². The van der Waals surface area contributed by atoms with E-state index in [4.69, 9.17) is 5.26 Å². The molecule has 0 saturated heterocycles. The van der Waals surface area contributed by atoms with Gasteiger partial charge in [0.15, 0.2) is 11.6 Å². The molecule has 0 fully saturated rings. The molecule has 1 rings (SSSR count). The largest absolute Gasteiger partial charge is 0.298 e. The predicted octanol–water partition coefficient (Wildman–Crippen LogP) is 3.12. The standard InChI is InChI=1S/C13H12BrNO2S/c1-9(16)13(10(2)17,18-8-15)7-11-3-5-12(14)6-4-11/h3-6H,7H2,1-2H3. The number of thioether (sulfide) groups is 1. The van der Waals surface area contributed by atoms with E-state index in [0.29, 0.717) is 0 Å². The average molecular weight is 326 g/mol. The minimum Gasteiger partial charge on any atom is -0.298 e. The normalized spacial score (nSPS) is 10.8. The van der Waals surface area contributed by atoms with E-state index in [1.54, 1.807) is 0 Å². The van der Waals surface area contributed by atoms with E-state index < -0.39 is 4.75 Å². The van der Waals surface area contributed by atoms with Gasteiger partial charge in [-0.25, -0.2) is 0 Å². The average Bonchev–Trinajstić information content (AvgIpc) is 2.30. The van der Waals surface area contributed by atoms with E-state index in [2.05, 4.69) is 15.9 Å². The molecule has 0 saturated carbocycles. The fourth-order valence-electron chi connectivity index (χ4n) is 1.64. The molecule has 0 heterocycles. The van der Waals surface area contributed by atoms with Gasteiger partial charge in [-0.2, -0.15) is 5.26 Å². The summed E-state index contributed by atoms with van der Waals surface area (Å²) in [6.07, 6.45) is 0.239. The highest BCUT2D eigenvalue weighted by Gasteiger charge is 2.41. The molecule has 0 aromatic heterocycles. The van der Waals surface area contributed by atoms with Gasteiger partial charge < -0.3 is 0 Å². The first kappa shape index (κ1) is 14.9. The number of nitriles is 1. The van der Waals surface area contributed by atoms with Crippen LogP contribution in [0.1, 0.15) is 19.4 Å². The van der Waals surface area contributed by atoms with Gasteiger partial charge in [0.1, 0.15) is 10.1 Å². The third-order valence-electron chi connectivity index (χ3n) is 2.72. The number of hydrogen-bond donors (Lipinski definition) is 0. The topological polar surface area (TPSA) is 57.9 Å². The van der Waals surface area contributed by atoms with Crippen molar-refractivity contribution in [3.8, 4) is 5.40 Å². The maximum atomic E-state index is 11.8. The zero-order valence-corrected chi connectivity index (χ0v) is 12.5. The van der Waals surface area contributed by atoms with Crippen LogP contribution in [0, 0.1) is 10.7 Å². The number of hydrogen-bond acceptors (Lipinski definition) is 4. The number of thiocyanates is 1. The summed E-state index contributed by atoms with van der Waals surface area (Å²) in [6, 6.07) is 7.36. The number of rotatable bonds is 5. The minimum absolute atomic E-state index is 0.239. The van der Waals surface area contributed by atoms with Gasteiger partial charge in [0, 0.05) is 10.9 Å². The maximum Gasteiger partial charge on any atom is 0.154 e. The van der Waals surface area contributed by atoms with Crippen LogP contribution in [0.15, 0.2) is 28.7 Å². The van der Waals surface area contributed by atoms with Crippen molar-refractivity contribution in [2.75, 3.05) is 0 Å². The third kappa shape index (κ3) is 3.21. The van der Waals surface area contributed by atoms with Crippen molar-refractivity contribution in [2.24, 2.45) is 0 Å². The van der Waals surface area contributed by atoms with Gasteiger partial charge in [0.2, 0.25) is 0 Å². The van der Waals surface area contributed by atoms with Crippen molar-refractivity contribution >= 4 is 39.3 Å². The van der Waals surface area contributed by atoms with Crippen LogP contribution in [0.5, 0.6) is 0 Å². The Hall–Kier alpha value is -1.12. The van der Waals surface area contributed by atoms with E-state index in [1.807, 2.05) is 29.7 Å². The fourth-order valence-corrected chi connectivity index (χ4v) is 2.59. The molecule has 0 atom stereocenters. The van der Waals surface area contributed by atoms with E-state index in [1.165, 1.54) is 13.8 Å². The summed E-state index contributed by atoms with van der Waals surface area (Å²) in [5.74, 6) is -0.575. The lowest BCUT2D eigenvalue weighted by atomic mass is 9.91. The van der Waals surface area contributed by atoms with Crippen LogP contribution in [0.4, 0.5) is 0 Å². The molecule has 0 aliphatic rings. The van der Waals surface area contributed by atoms with Gasteiger partial charge in [-0.05, 0) is 43.3 Å². The van der Waals surface area contributed by atoms with E-state index in [-0.39, 0.29) is 18.0 Å². The van der Waals surface area contributed by atoms with Gasteiger partial charge in [-0.1, -0.05) is 28.1 Å². The molecule has 0 aliphatic heterocycles. The van der Waals surface area contributed by atoms with Crippen LogP contribution in [-0.2, 0) is 16.0 Å². The molecule has 0 unspecified atom stereocenters. The number of halogens is 1. The van der Waals surface area contributed by atoms with Gasteiger partial charge in [0.05, 0.1) is 0 Å². The van der Waals surface area contributed by atoms with E-state index in [0.717, 1.165) is 21.8 Å². The quantitative estimate of drug-likeness (QED) is 0.616. The lowest BCUT2D eigenvalue weighted by Gasteiger charge is -2.24. The maximum absolute atomic E-state index is 11.8.